The number of nitrogens with one attached hydrogen (secondary N) is 1. The molecule has 0 aliphatic carbocycles. The highest BCUT2D eigenvalue weighted by molar-refractivity contribution is 7.99. The van der Waals surface area contributed by atoms with Crippen LogP contribution in [0.2, 0.25) is 5.02 Å². The van der Waals surface area contributed by atoms with E-state index in [1.807, 2.05) is 0 Å². The Morgan fingerprint density at radius 1 is 1.32 bits per heavy atom. The molecule has 1 heterocycles. The zero-order valence-corrected chi connectivity index (χ0v) is 14.1. The number of fused-ring (bicyclic) bond motifs is 1. The summed E-state index contributed by atoms with van der Waals surface area (Å²) in [5, 5.41) is 3.35. The van der Waals surface area contributed by atoms with Crippen LogP contribution in [-0.4, -0.2) is 23.3 Å². The molecule has 0 aliphatic rings. The third-order valence-electron chi connectivity index (χ3n) is 3.03. The van der Waals surface area contributed by atoms with Gasteiger partial charge in [-0.05, 0) is 24.3 Å². The maximum atomic E-state index is 12.4. The number of aromatic nitrogens is 1. The smallest absolute Gasteiger partial charge is 0.387 e. The maximum Gasteiger partial charge on any atom is 0.387 e. The number of hydrogen-bond donors (Lipinski definition) is 1. The number of thioether (sulfide) groups is 1. The van der Waals surface area contributed by atoms with Crippen LogP contribution in [-0.2, 0) is 4.79 Å². The van der Waals surface area contributed by atoms with Gasteiger partial charge < -0.3 is 14.5 Å². The summed E-state index contributed by atoms with van der Waals surface area (Å²) in [6.45, 7) is -2.97. The maximum absolute atomic E-state index is 12.4. The fourth-order valence-electron chi connectivity index (χ4n) is 2.02. The molecule has 0 aliphatic heterocycles. The molecule has 3 aromatic rings. The van der Waals surface area contributed by atoms with E-state index in [0.717, 1.165) is 11.8 Å². The minimum Gasteiger partial charge on any atom is -0.433 e. The van der Waals surface area contributed by atoms with E-state index in [1.54, 1.807) is 24.3 Å². The van der Waals surface area contributed by atoms with Crippen LogP contribution in [0.4, 0.5) is 14.5 Å². The van der Waals surface area contributed by atoms with Crippen LogP contribution in [0.1, 0.15) is 0 Å². The van der Waals surface area contributed by atoms with Crippen LogP contribution in [0, 0.1) is 0 Å². The summed E-state index contributed by atoms with van der Waals surface area (Å²) in [4.78, 5) is 16.3. The second-order valence-electron chi connectivity index (χ2n) is 4.80. The van der Waals surface area contributed by atoms with Gasteiger partial charge in [-0.2, -0.15) is 8.78 Å². The van der Waals surface area contributed by atoms with Gasteiger partial charge in [-0.15, -0.1) is 0 Å². The van der Waals surface area contributed by atoms with Crippen molar-refractivity contribution in [3.8, 4) is 5.75 Å². The number of amides is 1. The molecule has 0 spiro atoms. The minimum atomic E-state index is -2.97. The SMILES string of the molecule is O=C(CSc1nc2ccc(Cl)cc2o1)Nc1ccccc1OC(F)F. The van der Waals surface area contributed by atoms with Gasteiger partial charge in [0.15, 0.2) is 5.58 Å². The van der Waals surface area contributed by atoms with Gasteiger partial charge >= 0.3 is 6.61 Å². The van der Waals surface area contributed by atoms with Gasteiger partial charge in [-0.3, -0.25) is 4.79 Å². The molecule has 0 radical (unpaired) electrons. The summed E-state index contributed by atoms with van der Waals surface area (Å²) < 4.78 is 34.6. The molecule has 0 fully saturated rings. The monoisotopic (exact) mass is 384 g/mol. The Labute approximate surface area is 150 Å². The molecular formula is C16H11ClF2N2O3S. The van der Waals surface area contributed by atoms with Gasteiger partial charge in [0.2, 0.25) is 5.91 Å². The van der Waals surface area contributed by atoms with E-state index >= 15 is 0 Å². The Bertz CT molecular complexity index is 904. The van der Waals surface area contributed by atoms with Crippen molar-refractivity contribution in [2.45, 2.75) is 11.8 Å². The molecular weight excluding hydrogens is 374 g/mol. The number of alkyl halides is 2. The molecule has 9 heteroatoms. The number of anilines is 1. The van der Waals surface area contributed by atoms with Gasteiger partial charge in [-0.25, -0.2) is 4.98 Å². The van der Waals surface area contributed by atoms with Gasteiger partial charge in [-0.1, -0.05) is 35.5 Å². The van der Waals surface area contributed by atoms with Crippen molar-refractivity contribution in [1.82, 2.24) is 4.98 Å². The Balaban J connectivity index is 1.62. The van der Waals surface area contributed by atoms with Crippen LogP contribution < -0.4 is 10.1 Å². The number of oxazole rings is 1. The van der Waals surface area contributed by atoms with Gasteiger partial charge in [0.25, 0.3) is 5.22 Å². The molecule has 1 aromatic heterocycles. The number of nitrogens with zero attached hydrogens (tertiary/aromatic N) is 1. The third kappa shape index (κ3) is 4.61. The van der Waals surface area contributed by atoms with E-state index in [9.17, 15) is 13.6 Å². The summed E-state index contributed by atoms with van der Waals surface area (Å²) in [7, 11) is 0. The zero-order chi connectivity index (χ0) is 17.8. The molecule has 0 atom stereocenters. The summed E-state index contributed by atoms with van der Waals surface area (Å²) in [5.74, 6) is -0.521. The van der Waals surface area contributed by atoms with Gasteiger partial charge in [0.05, 0.1) is 11.4 Å². The largest absolute Gasteiger partial charge is 0.433 e. The molecule has 1 N–H and O–H groups in total. The second kappa shape index (κ2) is 7.71. The lowest BCUT2D eigenvalue weighted by Gasteiger charge is -2.11. The average molecular weight is 385 g/mol. The van der Waals surface area contributed by atoms with Crippen LogP contribution >= 0.6 is 23.4 Å². The molecule has 3 rings (SSSR count). The molecule has 25 heavy (non-hydrogen) atoms. The fourth-order valence-corrected chi connectivity index (χ4v) is 2.82. The molecule has 1 amide bonds. The Morgan fingerprint density at radius 3 is 2.92 bits per heavy atom. The van der Waals surface area contributed by atoms with E-state index in [2.05, 4.69) is 15.0 Å². The standard InChI is InChI=1S/C16H11ClF2N2O3S/c17-9-5-6-11-13(7-9)24-16(21-11)25-8-14(22)20-10-3-1-2-4-12(10)23-15(18)19/h1-7,15H,8H2,(H,20,22). The number of ether oxygens (including phenoxy) is 1. The highest BCUT2D eigenvalue weighted by Gasteiger charge is 2.13. The molecule has 130 valence electrons. The van der Waals surface area contributed by atoms with Gasteiger partial charge in [0.1, 0.15) is 11.3 Å². The van der Waals surface area contributed by atoms with Crippen LogP contribution in [0.25, 0.3) is 11.1 Å². The lowest BCUT2D eigenvalue weighted by atomic mass is 10.3. The highest BCUT2D eigenvalue weighted by atomic mass is 35.5. The molecule has 2 aromatic carbocycles. The van der Waals surface area contributed by atoms with E-state index < -0.39 is 12.5 Å². The van der Waals surface area contributed by atoms with Crippen molar-refractivity contribution in [2.24, 2.45) is 0 Å². The Hall–Kier alpha value is -2.32. The highest BCUT2D eigenvalue weighted by Crippen LogP contribution is 2.28. The number of para-hydroxylation sites is 2. The van der Waals surface area contributed by atoms with Crippen LogP contribution in [0.5, 0.6) is 5.75 Å². The first kappa shape index (κ1) is 17.5. The quantitative estimate of drug-likeness (QED) is 0.618. The zero-order valence-electron chi connectivity index (χ0n) is 12.5. The normalized spacial score (nSPS) is 11.0. The van der Waals surface area contributed by atoms with Crippen molar-refractivity contribution >= 4 is 46.1 Å². The van der Waals surface area contributed by atoms with E-state index in [-0.39, 0.29) is 17.2 Å². The van der Waals surface area contributed by atoms with Crippen molar-refractivity contribution < 1.29 is 22.7 Å². The molecule has 0 unspecified atom stereocenters. The van der Waals surface area contributed by atoms with Crippen molar-refractivity contribution in [1.29, 1.82) is 0 Å². The van der Waals surface area contributed by atoms with Crippen molar-refractivity contribution in [2.75, 3.05) is 11.1 Å². The molecule has 5 nitrogen and oxygen atoms in total. The first-order chi connectivity index (χ1) is 12.0. The predicted molar refractivity (Wildman–Crippen MR) is 91.4 cm³/mol. The molecule has 0 saturated heterocycles. The number of carbonyl (C=O) groups excluding carboxylic acids is 1. The molecule has 0 saturated carbocycles. The summed E-state index contributed by atoms with van der Waals surface area (Å²) in [6, 6.07) is 11.0. The summed E-state index contributed by atoms with van der Waals surface area (Å²) in [6.07, 6.45) is 0. The lowest BCUT2D eigenvalue weighted by Crippen LogP contribution is -2.15. The van der Waals surface area contributed by atoms with Crippen LogP contribution in [0.15, 0.2) is 52.1 Å². The first-order valence-electron chi connectivity index (χ1n) is 7.04. The fraction of sp³-hybridized carbons (Fsp3) is 0.125. The Kier molecular flexibility index (Phi) is 5.40. The Morgan fingerprint density at radius 2 is 2.12 bits per heavy atom. The number of benzene rings is 2. The number of halogens is 3. The number of carbonyl (C=O) groups is 1. The van der Waals surface area contributed by atoms with E-state index in [1.165, 1.54) is 18.2 Å². The van der Waals surface area contributed by atoms with E-state index in [0.29, 0.717) is 21.3 Å². The first-order valence-corrected chi connectivity index (χ1v) is 8.40. The van der Waals surface area contributed by atoms with Gasteiger partial charge in [0, 0.05) is 11.1 Å². The number of hydrogen-bond acceptors (Lipinski definition) is 5. The summed E-state index contributed by atoms with van der Waals surface area (Å²) >= 11 is 6.95. The van der Waals surface area contributed by atoms with Crippen LogP contribution in [0.3, 0.4) is 0 Å². The second-order valence-corrected chi connectivity index (χ2v) is 6.17. The average Bonchev–Trinajstić information content (AvgIpc) is 2.96. The third-order valence-corrected chi connectivity index (χ3v) is 4.10. The topological polar surface area (TPSA) is 64.4 Å². The number of rotatable bonds is 6. The van der Waals surface area contributed by atoms with Crippen molar-refractivity contribution in [3.63, 3.8) is 0 Å². The minimum absolute atomic E-state index is 0.0104. The lowest BCUT2D eigenvalue weighted by molar-refractivity contribution is -0.113. The predicted octanol–water partition coefficient (Wildman–Crippen LogP) is 4.81. The summed E-state index contributed by atoms with van der Waals surface area (Å²) in [5.41, 5.74) is 1.31. The van der Waals surface area contributed by atoms with E-state index in [4.69, 9.17) is 16.0 Å². The van der Waals surface area contributed by atoms with Crippen molar-refractivity contribution in [3.05, 3.63) is 47.5 Å². The molecule has 0 bridgehead atoms.